The van der Waals surface area contributed by atoms with Crippen molar-refractivity contribution in [3.8, 4) is 0 Å². The van der Waals surface area contributed by atoms with Gasteiger partial charge >= 0.3 is 0 Å². The van der Waals surface area contributed by atoms with E-state index in [4.69, 9.17) is 0 Å². The van der Waals surface area contributed by atoms with Crippen LogP contribution in [0.3, 0.4) is 0 Å². The van der Waals surface area contributed by atoms with Gasteiger partial charge < -0.3 is 9.80 Å². The predicted molar refractivity (Wildman–Crippen MR) is 132 cm³/mol. The number of benzene rings is 1. The van der Waals surface area contributed by atoms with Crippen LogP contribution in [0.25, 0.3) is 0 Å². The van der Waals surface area contributed by atoms with E-state index in [0.717, 1.165) is 57.7 Å². The van der Waals surface area contributed by atoms with Crippen molar-refractivity contribution < 1.29 is 13.2 Å². The van der Waals surface area contributed by atoms with E-state index in [2.05, 4.69) is 11.8 Å². The van der Waals surface area contributed by atoms with Gasteiger partial charge in [0, 0.05) is 38.3 Å². The highest BCUT2D eigenvalue weighted by molar-refractivity contribution is 7.89. The molecular formula is C26H41N3O3S. The fourth-order valence-electron chi connectivity index (χ4n) is 5.77. The Morgan fingerprint density at radius 2 is 1.61 bits per heavy atom. The van der Waals surface area contributed by atoms with Gasteiger partial charge in [-0.25, -0.2) is 8.42 Å². The molecule has 0 N–H and O–H groups in total. The molecule has 1 aromatic carbocycles. The van der Waals surface area contributed by atoms with E-state index in [1.165, 1.54) is 38.8 Å². The van der Waals surface area contributed by atoms with Crippen molar-refractivity contribution in [2.75, 3.05) is 39.8 Å². The molecule has 0 aromatic heterocycles. The highest BCUT2D eigenvalue weighted by Crippen LogP contribution is 2.27. The molecule has 2 saturated heterocycles. The first kappa shape index (κ1) is 24.7. The minimum Gasteiger partial charge on any atom is -0.338 e. The zero-order valence-corrected chi connectivity index (χ0v) is 21.2. The monoisotopic (exact) mass is 475 g/mol. The van der Waals surface area contributed by atoms with Crippen LogP contribution in [0.2, 0.25) is 0 Å². The first-order valence-corrected chi connectivity index (χ1v) is 14.4. The van der Waals surface area contributed by atoms with Gasteiger partial charge in [-0.15, -0.1) is 0 Å². The molecule has 0 spiro atoms. The first-order valence-electron chi connectivity index (χ1n) is 12.9. The van der Waals surface area contributed by atoms with Crippen LogP contribution in [0.1, 0.15) is 75.1 Å². The lowest BCUT2D eigenvalue weighted by Crippen LogP contribution is -2.45. The largest absolute Gasteiger partial charge is 0.338 e. The molecule has 0 bridgehead atoms. The number of likely N-dealkylation sites (tertiary alicyclic amines) is 2. The topological polar surface area (TPSA) is 60.9 Å². The smallest absolute Gasteiger partial charge is 0.253 e. The summed E-state index contributed by atoms with van der Waals surface area (Å²) in [5.74, 6) is 1.39. The van der Waals surface area contributed by atoms with Gasteiger partial charge in [-0.2, -0.15) is 4.31 Å². The summed E-state index contributed by atoms with van der Waals surface area (Å²) >= 11 is 0. The lowest BCUT2D eigenvalue weighted by molar-refractivity contribution is 0.0622. The van der Waals surface area contributed by atoms with Gasteiger partial charge in [0.15, 0.2) is 0 Å². The highest BCUT2D eigenvalue weighted by atomic mass is 32.2. The van der Waals surface area contributed by atoms with Crippen LogP contribution in [0.15, 0.2) is 29.2 Å². The fourth-order valence-corrected chi connectivity index (χ4v) is 7.18. The molecule has 4 rings (SSSR count). The van der Waals surface area contributed by atoms with E-state index < -0.39 is 10.0 Å². The van der Waals surface area contributed by atoms with Crippen LogP contribution in [0.4, 0.5) is 0 Å². The van der Waals surface area contributed by atoms with E-state index >= 15 is 0 Å². The van der Waals surface area contributed by atoms with Crippen molar-refractivity contribution in [2.45, 2.75) is 75.6 Å². The van der Waals surface area contributed by atoms with Crippen molar-refractivity contribution >= 4 is 15.9 Å². The zero-order chi connectivity index (χ0) is 23.4. The van der Waals surface area contributed by atoms with Crippen molar-refractivity contribution in [1.82, 2.24) is 14.1 Å². The summed E-state index contributed by atoms with van der Waals surface area (Å²) < 4.78 is 27.7. The molecule has 6 nitrogen and oxygen atoms in total. The maximum absolute atomic E-state index is 13.2. The van der Waals surface area contributed by atoms with Gasteiger partial charge in [0.25, 0.3) is 5.91 Å². The predicted octanol–water partition coefficient (Wildman–Crippen LogP) is 4.22. The molecule has 184 valence electrons. The number of rotatable bonds is 6. The van der Waals surface area contributed by atoms with Crippen LogP contribution >= 0.6 is 0 Å². The molecule has 1 aromatic rings. The molecular weight excluding hydrogens is 434 g/mol. The van der Waals surface area contributed by atoms with Crippen LogP contribution in [0.5, 0.6) is 0 Å². The fraction of sp³-hybridized carbons (Fsp3) is 0.731. The van der Waals surface area contributed by atoms with Crippen molar-refractivity contribution in [3.05, 3.63) is 29.8 Å². The van der Waals surface area contributed by atoms with E-state index in [0.29, 0.717) is 11.5 Å². The molecule has 3 fully saturated rings. The molecule has 33 heavy (non-hydrogen) atoms. The minimum atomic E-state index is -3.53. The standard InChI is InChI=1S/C26H41N3O3S/c1-21-14-17-28(18-15-21)19-22-7-6-16-29(20-22)26(30)23-10-12-25(13-11-23)33(31,32)27(2)24-8-4-3-5-9-24/h10-13,21-22,24H,3-9,14-20H2,1-2H3. The maximum Gasteiger partial charge on any atom is 0.253 e. The first-order chi connectivity index (χ1) is 15.8. The Morgan fingerprint density at radius 1 is 0.939 bits per heavy atom. The quantitative estimate of drug-likeness (QED) is 0.618. The summed E-state index contributed by atoms with van der Waals surface area (Å²) in [6.45, 7) is 7.37. The summed E-state index contributed by atoms with van der Waals surface area (Å²) in [6.07, 6.45) is 10.0. The number of sulfonamides is 1. The van der Waals surface area contributed by atoms with Gasteiger partial charge in [-0.3, -0.25) is 4.79 Å². The molecule has 1 saturated carbocycles. The second-order valence-electron chi connectivity index (χ2n) is 10.6. The summed E-state index contributed by atoms with van der Waals surface area (Å²) in [4.78, 5) is 18.0. The summed E-state index contributed by atoms with van der Waals surface area (Å²) in [5, 5.41) is 0. The number of carbonyl (C=O) groups excluding carboxylic acids is 1. The molecule has 2 heterocycles. The Labute approximate surface area is 200 Å². The SMILES string of the molecule is CC1CCN(CC2CCCN(C(=O)c3ccc(S(=O)(=O)N(C)C4CCCCC4)cc3)C2)CC1. The van der Waals surface area contributed by atoms with Gasteiger partial charge in [-0.1, -0.05) is 26.2 Å². The van der Waals surface area contributed by atoms with E-state index in [-0.39, 0.29) is 16.8 Å². The Balaban J connectivity index is 1.36. The average molecular weight is 476 g/mol. The van der Waals surface area contributed by atoms with E-state index in [9.17, 15) is 13.2 Å². The second kappa shape index (κ2) is 10.9. The molecule has 1 aliphatic carbocycles. The second-order valence-corrected chi connectivity index (χ2v) is 12.6. The van der Waals surface area contributed by atoms with Crippen LogP contribution in [-0.4, -0.2) is 74.2 Å². The zero-order valence-electron chi connectivity index (χ0n) is 20.4. The van der Waals surface area contributed by atoms with Gasteiger partial charge in [-0.05, 0) is 87.7 Å². The average Bonchev–Trinajstić information content (AvgIpc) is 2.85. The summed E-state index contributed by atoms with van der Waals surface area (Å²) in [5.41, 5.74) is 0.585. The van der Waals surface area contributed by atoms with Crippen LogP contribution in [0, 0.1) is 11.8 Å². The highest BCUT2D eigenvalue weighted by Gasteiger charge is 2.30. The number of hydrogen-bond acceptors (Lipinski definition) is 4. The molecule has 1 atom stereocenters. The molecule has 7 heteroatoms. The Bertz CT molecular complexity index is 888. The van der Waals surface area contributed by atoms with Gasteiger partial charge in [0.05, 0.1) is 4.90 Å². The number of nitrogens with zero attached hydrogens (tertiary/aromatic N) is 3. The van der Waals surface area contributed by atoms with Crippen LogP contribution < -0.4 is 0 Å². The van der Waals surface area contributed by atoms with Crippen LogP contribution in [-0.2, 0) is 10.0 Å². The molecule has 1 unspecified atom stereocenters. The Morgan fingerprint density at radius 3 is 2.27 bits per heavy atom. The van der Waals surface area contributed by atoms with E-state index in [1.54, 1.807) is 35.6 Å². The summed E-state index contributed by atoms with van der Waals surface area (Å²) in [7, 11) is -1.84. The Kier molecular flexibility index (Phi) is 8.13. The van der Waals surface area contributed by atoms with Gasteiger partial charge in [0.2, 0.25) is 10.0 Å². The number of hydrogen-bond donors (Lipinski definition) is 0. The minimum absolute atomic E-state index is 0.0246. The number of piperidine rings is 2. The third-order valence-corrected chi connectivity index (χ3v) is 9.99. The lowest BCUT2D eigenvalue weighted by atomic mass is 9.94. The van der Waals surface area contributed by atoms with Crippen molar-refractivity contribution in [2.24, 2.45) is 11.8 Å². The molecule has 3 aliphatic rings. The molecule has 2 aliphatic heterocycles. The molecule has 0 radical (unpaired) electrons. The number of carbonyl (C=O) groups is 1. The lowest BCUT2D eigenvalue weighted by Gasteiger charge is -2.38. The third kappa shape index (κ3) is 5.98. The molecule has 1 amide bonds. The van der Waals surface area contributed by atoms with Gasteiger partial charge in [0.1, 0.15) is 0 Å². The van der Waals surface area contributed by atoms with E-state index in [1.807, 2.05) is 4.90 Å². The normalized spacial score (nSPS) is 24.3. The van der Waals surface area contributed by atoms with Crippen molar-refractivity contribution in [1.29, 1.82) is 0 Å². The summed E-state index contributed by atoms with van der Waals surface area (Å²) in [6, 6.07) is 6.69. The Hall–Kier alpha value is -1.44. The number of amides is 1. The van der Waals surface area contributed by atoms with Crippen molar-refractivity contribution in [3.63, 3.8) is 0 Å². The maximum atomic E-state index is 13.2. The third-order valence-electron chi connectivity index (χ3n) is 8.07.